The molecule has 1 unspecified atom stereocenters. The number of aryl methyl sites for hydroxylation is 2. The maximum atomic E-state index is 4.76. The number of fused-ring (bicyclic) bond motifs is 1. The number of rotatable bonds is 4. The van der Waals surface area contributed by atoms with E-state index in [-0.39, 0.29) is 6.04 Å². The summed E-state index contributed by atoms with van der Waals surface area (Å²) in [6, 6.07) is 8.46. The lowest BCUT2D eigenvalue weighted by atomic mass is 10.0. The number of nitrogens with zero attached hydrogens (tertiary/aromatic N) is 4. The molecule has 0 aliphatic rings. The smallest absolute Gasteiger partial charge is 0.111 e. The maximum Gasteiger partial charge on any atom is 0.111 e. The van der Waals surface area contributed by atoms with Crippen LogP contribution in [0.4, 0.5) is 0 Å². The molecule has 3 rings (SSSR count). The van der Waals surface area contributed by atoms with Crippen molar-refractivity contribution in [3.63, 3.8) is 0 Å². The summed E-state index contributed by atoms with van der Waals surface area (Å²) in [6.45, 7) is 2.10. The van der Waals surface area contributed by atoms with Gasteiger partial charge in [-0.1, -0.05) is 12.1 Å². The third-order valence-corrected chi connectivity index (χ3v) is 4.26. The summed E-state index contributed by atoms with van der Waals surface area (Å²) < 4.78 is 4.08. The number of nitrogens with one attached hydrogen (secondary N) is 1. The lowest BCUT2D eigenvalue weighted by Crippen LogP contribution is -2.21. The maximum absolute atomic E-state index is 4.76. The average molecular weight is 283 g/mol. The largest absolute Gasteiger partial charge is 0.331 e. The second-order valence-corrected chi connectivity index (χ2v) is 5.43. The second kappa shape index (κ2) is 5.33. The molecule has 0 fully saturated rings. The van der Waals surface area contributed by atoms with E-state index in [1.807, 2.05) is 31.0 Å². The fraction of sp³-hybridized carbons (Fsp3) is 0.375. The number of benzene rings is 1. The molecule has 5 nitrogen and oxygen atoms in total. The zero-order valence-corrected chi connectivity index (χ0v) is 13.0. The van der Waals surface area contributed by atoms with E-state index in [1.54, 1.807) is 0 Å². The summed E-state index contributed by atoms with van der Waals surface area (Å²) in [7, 11) is 6.04. The molecule has 5 heteroatoms. The summed E-state index contributed by atoms with van der Waals surface area (Å²) in [5, 5.41) is 7.73. The van der Waals surface area contributed by atoms with Crippen LogP contribution in [0.2, 0.25) is 0 Å². The molecule has 1 aromatic carbocycles. The highest BCUT2D eigenvalue weighted by Gasteiger charge is 2.18. The molecule has 2 heterocycles. The topological polar surface area (TPSA) is 47.7 Å². The van der Waals surface area contributed by atoms with Crippen molar-refractivity contribution in [1.82, 2.24) is 24.6 Å². The quantitative estimate of drug-likeness (QED) is 0.798. The van der Waals surface area contributed by atoms with Crippen molar-refractivity contribution in [2.75, 3.05) is 7.05 Å². The molecule has 0 spiro atoms. The zero-order valence-electron chi connectivity index (χ0n) is 13.0. The van der Waals surface area contributed by atoms with E-state index in [0.717, 1.165) is 17.8 Å². The van der Waals surface area contributed by atoms with Gasteiger partial charge in [-0.25, -0.2) is 4.98 Å². The van der Waals surface area contributed by atoms with Crippen LogP contribution < -0.4 is 5.32 Å². The normalized spacial score (nSPS) is 13.0. The number of para-hydroxylation sites is 2. The minimum atomic E-state index is 0.217. The van der Waals surface area contributed by atoms with Crippen LogP contribution in [-0.4, -0.2) is 26.4 Å². The Morgan fingerprint density at radius 1 is 1.24 bits per heavy atom. The molecule has 3 aromatic rings. The molecule has 0 aliphatic carbocycles. The highest BCUT2D eigenvalue weighted by atomic mass is 15.3. The van der Waals surface area contributed by atoms with E-state index < -0.39 is 0 Å². The van der Waals surface area contributed by atoms with Crippen LogP contribution in [0.3, 0.4) is 0 Å². The molecular weight excluding hydrogens is 262 g/mol. The number of hydrogen-bond donors (Lipinski definition) is 1. The van der Waals surface area contributed by atoms with Gasteiger partial charge in [0.2, 0.25) is 0 Å². The van der Waals surface area contributed by atoms with Crippen molar-refractivity contribution in [2.24, 2.45) is 14.1 Å². The van der Waals surface area contributed by atoms with Gasteiger partial charge in [0.25, 0.3) is 0 Å². The van der Waals surface area contributed by atoms with E-state index in [1.165, 1.54) is 16.8 Å². The Morgan fingerprint density at radius 2 is 2.00 bits per heavy atom. The van der Waals surface area contributed by atoms with Crippen LogP contribution in [0.5, 0.6) is 0 Å². The lowest BCUT2D eigenvalue weighted by molar-refractivity contribution is 0.561. The number of imidazole rings is 1. The highest BCUT2D eigenvalue weighted by Crippen LogP contribution is 2.22. The van der Waals surface area contributed by atoms with Gasteiger partial charge in [0, 0.05) is 37.8 Å². The van der Waals surface area contributed by atoms with E-state index >= 15 is 0 Å². The van der Waals surface area contributed by atoms with E-state index in [2.05, 4.69) is 47.2 Å². The van der Waals surface area contributed by atoms with Gasteiger partial charge in [-0.2, -0.15) is 5.10 Å². The van der Waals surface area contributed by atoms with Gasteiger partial charge in [0.05, 0.1) is 17.2 Å². The fourth-order valence-electron chi connectivity index (χ4n) is 2.79. The van der Waals surface area contributed by atoms with Crippen LogP contribution in [-0.2, 0) is 20.5 Å². The summed E-state index contributed by atoms with van der Waals surface area (Å²) in [4.78, 5) is 4.76. The molecular formula is C16H21N5. The molecule has 21 heavy (non-hydrogen) atoms. The average Bonchev–Trinajstić information content (AvgIpc) is 2.99. The van der Waals surface area contributed by atoms with E-state index in [4.69, 9.17) is 4.98 Å². The van der Waals surface area contributed by atoms with Crippen LogP contribution in [0.15, 0.2) is 30.5 Å². The Labute approximate surface area is 124 Å². The first-order valence-corrected chi connectivity index (χ1v) is 7.18. The molecule has 0 saturated heterocycles. The van der Waals surface area contributed by atoms with Gasteiger partial charge in [-0.15, -0.1) is 0 Å². The van der Waals surface area contributed by atoms with Crippen molar-refractivity contribution in [1.29, 1.82) is 0 Å². The number of hydrogen-bond acceptors (Lipinski definition) is 3. The monoisotopic (exact) mass is 283 g/mol. The Balaban J connectivity index is 1.96. The Hall–Kier alpha value is -2.14. The van der Waals surface area contributed by atoms with Gasteiger partial charge in [-0.3, -0.25) is 4.68 Å². The van der Waals surface area contributed by atoms with Gasteiger partial charge >= 0.3 is 0 Å². The SMILES string of the molecule is CNC(Cc1nc2ccccc2n1C)c1cnn(C)c1C. The lowest BCUT2D eigenvalue weighted by Gasteiger charge is -2.15. The highest BCUT2D eigenvalue weighted by molar-refractivity contribution is 5.75. The zero-order chi connectivity index (χ0) is 15.0. The summed E-state index contributed by atoms with van der Waals surface area (Å²) >= 11 is 0. The van der Waals surface area contributed by atoms with Crippen molar-refractivity contribution < 1.29 is 0 Å². The molecule has 110 valence electrons. The summed E-state index contributed by atoms with van der Waals surface area (Å²) in [5.74, 6) is 1.08. The minimum absolute atomic E-state index is 0.217. The molecule has 2 aromatic heterocycles. The summed E-state index contributed by atoms with van der Waals surface area (Å²) in [6.07, 6.45) is 2.79. The van der Waals surface area contributed by atoms with Gasteiger partial charge in [0.1, 0.15) is 5.82 Å². The minimum Gasteiger partial charge on any atom is -0.331 e. The standard InChI is InChI=1S/C16H21N5/c1-11-12(10-18-21(11)4)14(17-2)9-16-19-13-7-5-6-8-15(13)20(16)3/h5-8,10,14,17H,9H2,1-4H3. The molecule has 0 saturated carbocycles. The third kappa shape index (κ3) is 2.34. The molecule has 1 N–H and O–H groups in total. The predicted molar refractivity (Wildman–Crippen MR) is 84.2 cm³/mol. The molecule has 0 bridgehead atoms. The van der Waals surface area contributed by atoms with Crippen molar-refractivity contribution in [3.05, 3.63) is 47.5 Å². The molecule has 0 aliphatic heterocycles. The van der Waals surface area contributed by atoms with Crippen molar-refractivity contribution >= 4 is 11.0 Å². The predicted octanol–water partition coefficient (Wildman–Crippen LogP) is 2.12. The van der Waals surface area contributed by atoms with E-state index in [9.17, 15) is 0 Å². The number of aromatic nitrogens is 4. The first kappa shape index (κ1) is 13.8. The third-order valence-electron chi connectivity index (χ3n) is 4.26. The van der Waals surface area contributed by atoms with E-state index in [0.29, 0.717) is 0 Å². The fourth-order valence-corrected chi connectivity index (χ4v) is 2.79. The van der Waals surface area contributed by atoms with Crippen molar-refractivity contribution in [2.45, 2.75) is 19.4 Å². The van der Waals surface area contributed by atoms with Gasteiger partial charge < -0.3 is 9.88 Å². The first-order valence-electron chi connectivity index (χ1n) is 7.18. The Kier molecular flexibility index (Phi) is 3.51. The molecule has 0 radical (unpaired) electrons. The van der Waals surface area contributed by atoms with Crippen LogP contribution in [0, 0.1) is 6.92 Å². The number of likely N-dealkylation sites (N-methyl/N-ethyl adjacent to an activating group) is 1. The molecule has 1 atom stereocenters. The summed E-state index contributed by atoms with van der Waals surface area (Å²) in [5.41, 5.74) is 4.64. The van der Waals surface area contributed by atoms with Crippen LogP contribution in [0.1, 0.15) is 23.1 Å². The van der Waals surface area contributed by atoms with Crippen LogP contribution >= 0.6 is 0 Å². The molecule has 0 amide bonds. The van der Waals surface area contributed by atoms with Crippen LogP contribution in [0.25, 0.3) is 11.0 Å². The second-order valence-electron chi connectivity index (χ2n) is 5.43. The Bertz CT molecular complexity index is 768. The van der Waals surface area contributed by atoms with Gasteiger partial charge in [-0.05, 0) is 26.1 Å². The Morgan fingerprint density at radius 3 is 2.62 bits per heavy atom. The first-order chi connectivity index (χ1) is 10.1. The van der Waals surface area contributed by atoms with Gasteiger partial charge in [0.15, 0.2) is 0 Å². The van der Waals surface area contributed by atoms with Crippen molar-refractivity contribution in [3.8, 4) is 0 Å².